The smallest absolute Gasteiger partial charge is 0.263 e. The molecule has 2 aromatic carbocycles. The number of thiophene rings is 1. The van der Waals surface area contributed by atoms with Gasteiger partial charge in [0.05, 0.1) is 5.02 Å². The fourth-order valence-corrected chi connectivity index (χ4v) is 3.91. The standard InChI is InChI=1S/C18H13ClF2N2O2S/c1-22-17(24)15(9-6-7-11(20)12(21)8-9)23-18(25)16-14(19)10-4-2-3-5-13(10)26-16/h2-8,15H,1H3,(H,22,24)(H,23,25). The fraction of sp³-hybridized carbons (Fsp3) is 0.111. The second kappa shape index (κ2) is 7.39. The lowest BCUT2D eigenvalue weighted by Gasteiger charge is -2.17. The molecule has 0 saturated carbocycles. The summed E-state index contributed by atoms with van der Waals surface area (Å²) in [6, 6.07) is 9.07. The van der Waals surface area contributed by atoms with Crippen LogP contribution in [0.2, 0.25) is 5.02 Å². The largest absolute Gasteiger partial charge is 0.357 e. The summed E-state index contributed by atoms with van der Waals surface area (Å²) in [5, 5.41) is 5.94. The van der Waals surface area contributed by atoms with Crippen LogP contribution in [0, 0.1) is 11.6 Å². The van der Waals surface area contributed by atoms with Gasteiger partial charge in [-0.25, -0.2) is 8.78 Å². The fourth-order valence-electron chi connectivity index (χ4n) is 2.49. The minimum Gasteiger partial charge on any atom is -0.357 e. The number of fused-ring (bicyclic) bond motifs is 1. The number of hydrogen-bond donors (Lipinski definition) is 2. The van der Waals surface area contributed by atoms with E-state index in [1.54, 1.807) is 12.1 Å². The maximum atomic E-state index is 13.5. The van der Waals surface area contributed by atoms with Crippen molar-refractivity contribution < 1.29 is 18.4 Å². The Morgan fingerprint density at radius 1 is 1.12 bits per heavy atom. The molecule has 26 heavy (non-hydrogen) atoms. The maximum absolute atomic E-state index is 13.5. The van der Waals surface area contributed by atoms with Gasteiger partial charge in [0.2, 0.25) is 5.91 Å². The minimum absolute atomic E-state index is 0.119. The number of likely N-dealkylation sites (N-methyl/N-ethyl adjacent to an activating group) is 1. The number of halogens is 3. The van der Waals surface area contributed by atoms with Crippen molar-refractivity contribution in [3.63, 3.8) is 0 Å². The highest BCUT2D eigenvalue weighted by Gasteiger charge is 2.26. The molecule has 0 saturated heterocycles. The average Bonchev–Trinajstić information content (AvgIpc) is 2.98. The Hall–Kier alpha value is -2.51. The monoisotopic (exact) mass is 394 g/mol. The van der Waals surface area contributed by atoms with Crippen molar-refractivity contribution in [2.45, 2.75) is 6.04 Å². The Bertz CT molecular complexity index is 1010. The first kappa shape index (κ1) is 18.3. The molecule has 0 fully saturated rings. The highest BCUT2D eigenvalue weighted by Crippen LogP contribution is 2.35. The first-order valence-corrected chi connectivity index (χ1v) is 8.76. The van der Waals surface area contributed by atoms with Crippen molar-refractivity contribution in [2.75, 3.05) is 7.05 Å². The van der Waals surface area contributed by atoms with Crippen LogP contribution in [-0.4, -0.2) is 18.9 Å². The van der Waals surface area contributed by atoms with E-state index in [0.717, 1.165) is 22.2 Å². The second-order valence-electron chi connectivity index (χ2n) is 5.44. The molecular weight excluding hydrogens is 382 g/mol. The zero-order chi connectivity index (χ0) is 18.8. The van der Waals surface area contributed by atoms with E-state index in [4.69, 9.17) is 11.6 Å². The van der Waals surface area contributed by atoms with Gasteiger partial charge in [-0.2, -0.15) is 0 Å². The van der Waals surface area contributed by atoms with E-state index in [9.17, 15) is 18.4 Å². The normalized spacial score (nSPS) is 12.0. The number of carbonyl (C=O) groups is 2. The predicted molar refractivity (Wildman–Crippen MR) is 97.5 cm³/mol. The molecule has 8 heteroatoms. The van der Waals surface area contributed by atoms with Gasteiger partial charge >= 0.3 is 0 Å². The molecule has 1 heterocycles. The van der Waals surface area contributed by atoms with Gasteiger partial charge in [0.1, 0.15) is 10.9 Å². The summed E-state index contributed by atoms with van der Waals surface area (Å²) >= 11 is 7.46. The third-order valence-corrected chi connectivity index (χ3v) is 5.48. The van der Waals surface area contributed by atoms with Crippen molar-refractivity contribution in [3.05, 3.63) is 69.6 Å². The summed E-state index contributed by atoms with van der Waals surface area (Å²) in [4.78, 5) is 25.1. The lowest BCUT2D eigenvalue weighted by Crippen LogP contribution is -2.39. The zero-order valence-corrected chi connectivity index (χ0v) is 15.0. The predicted octanol–water partition coefficient (Wildman–Crippen LogP) is 4.05. The molecule has 2 N–H and O–H groups in total. The van der Waals surface area contributed by atoms with Crippen LogP contribution >= 0.6 is 22.9 Å². The first-order chi connectivity index (χ1) is 12.4. The number of amides is 2. The van der Waals surface area contributed by atoms with Gasteiger partial charge in [0.25, 0.3) is 5.91 Å². The number of hydrogen-bond acceptors (Lipinski definition) is 3. The molecule has 134 valence electrons. The van der Waals surface area contributed by atoms with Gasteiger partial charge in [-0.1, -0.05) is 35.9 Å². The topological polar surface area (TPSA) is 58.2 Å². The number of benzene rings is 2. The third-order valence-electron chi connectivity index (χ3n) is 3.80. The van der Waals surface area contributed by atoms with Crippen LogP contribution in [0.3, 0.4) is 0 Å². The number of nitrogens with one attached hydrogen (secondary N) is 2. The zero-order valence-electron chi connectivity index (χ0n) is 13.5. The van der Waals surface area contributed by atoms with Crippen LogP contribution in [0.5, 0.6) is 0 Å². The Morgan fingerprint density at radius 2 is 1.85 bits per heavy atom. The maximum Gasteiger partial charge on any atom is 0.263 e. The summed E-state index contributed by atoms with van der Waals surface area (Å²) in [5.74, 6) is -3.29. The molecule has 1 aromatic heterocycles. The Labute approximate surface area is 156 Å². The molecule has 0 aliphatic rings. The number of rotatable bonds is 4. The van der Waals surface area contributed by atoms with Gasteiger partial charge in [-0.05, 0) is 23.8 Å². The third kappa shape index (κ3) is 3.40. The highest BCUT2D eigenvalue weighted by molar-refractivity contribution is 7.21. The van der Waals surface area contributed by atoms with Gasteiger partial charge in [0.15, 0.2) is 11.6 Å². The van der Waals surface area contributed by atoms with Crippen LogP contribution in [0.1, 0.15) is 21.3 Å². The molecule has 3 rings (SSSR count). The van der Waals surface area contributed by atoms with Gasteiger partial charge < -0.3 is 10.6 Å². The van der Waals surface area contributed by atoms with Gasteiger partial charge in [-0.15, -0.1) is 11.3 Å². The molecule has 0 spiro atoms. The highest BCUT2D eigenvalue weighted by atomic mass is 35.5. The van der Waals surface area contributed by atoms with E-state index < -0.39 is 29.5 Å². The molecular formula is C18H13ClF2N2O2S. The molecule has 0 aliphatic heterocycles. The molecule has 1 atom stereocenters. The molecule has 0 aliphatic carbocycles. The van der Waals surface area contributed by atoms with E-state index in [2.05, 4.69) is 10.6 Å². The van der Waals surface area contributed by atoms with E-state index in [1.807, 2.05) is 12.1 Å². The molecule has 1 unspecified atom stereocenters. The lowest BCUT2D eigenvalue weighted by atomic mass is 10.1. The summed E-state index contributed by atoms with van der Waals surface area (Å²) in [6.45, 7) is 0. The summed E-state index contributed by atoms with van der Waals surface area (Å²) in [6.07, 6.45) is 0. The van der Waals surface area contributed by atoms with Crippen molar-refractivity contribution in [3.8, 4) is 0 Å². The van der Waals surface area contributed by atoms with Crippen molar-refractivity contribution in [1.82, 2.24) is 10.6 Å². The SMILES string of the molecule is CNC(=O)C(NC(=O)c1sc2ccccc2c1Cl)c1ccc(F)c(F)c1. The lowest BCUT2D eigenvalue weighted by molar-refractivity contribution is -0.122. The van der Waals surface area contributed by atoms with E-state index in [-0.39, 0.29) is 15.5 Å². The minimum atomic E-state index is -1.19. The Balaban J connectivity index is 1.95. The van der Waals surface area contributed by atoms with Crippen molar-refractivity contribution >= 4 is 44.8 Å². The molecule has 3 aromatic rings. The summed E-state index contributed by atoms with van der Waals surface area (Å²) in [5.41, 5.74) is 0.119. The Morgan fingerprint density at radius 3 is 2.50 bits per heavy atom. The van der Waals surface area contributed by atoms with E-state index >= 15 is 0 Å². The quantitative estimate of drug-likeness (QED) is 0.701. The van der Waals surface area contributed by atoms with Crippen LogP contribution in [0.4, 0.5) is 8.78 Å². The van der Waals surface area contributed by atoms with Gasteiger partial charge in [0, 0.05) is 17.1 Å². The molecule has 4 nitrogen and oxygen atoms in total. The average molecular weight is 395 g/mol. The van der Waals surface area contributed by atoms with Crippen LogP contribution in [-0.2, 0) is 4.79 Å². The molecule has 0 radical (unpaired) electrons. The van der Waals surface area contributed by atoms with Crippen molar-refractivity contribution in [1.29, 1.82) is 0 Å². The van der Waals surface area contributed by atoms with Crippen LogP contribution in [0.25, 0.3) is 10.1 Å². The number of carbonyl (C=O) groups excluding carboxylic acids is 2. The van der Waals surface area contributed by atoms with Crippen LogP contribution in [0.15, 0.2) is 42.5 Å². The van der Waals surface area contributed by atoms with Gasteiger partial charge in [-0.3, -0.25) is 9.59 Å². The molecule has 2 amide bonds. The van der Waals surface area contributed by atoms with E-state index in [1.165, 1.54) is 24.5 Å². The van der Waals surface area contributed by atoms with Crippen LogP contribution < -0.4 is 10.6 Å². The first-order valence-electron chi connectivity index (χ1n) is 7.56. The molecule has 0 bridgehead atoms. The Kier molecular flexibility index (Phi) is 5.20. The second-order valence-corrected chi connectivity index (χ2v) is 6.87. The summed E-state index contributed by atoms with van der Waals surface area (Å²) in [7, 11) is 1.38. The summed E-state index contributed by atoms with van der Waals surface area (Å²) < 4.78 is 27.5. The van der Waals surface area contributed by atoms with Crippen molar-refractivity contribution in [2.24, 2.45) is 0 Å². The van der Waals surface area contributed by atoms with E-state index in [0.29, 0.717) is 0 Å².